The summed E-state index contributed by atoms with van der Waals surface area (Å²) in [7, 11) is 0. The first-order chi connectivity index (χ1) is 8.27. The average Bonchev–Trinajstić information content (AvgIpc) is 2.84. The van der Waals surface area contributed by atoms with Gasteiger partial charge in [-0.2, -0.15) is 0 Å². The summed E-state index contributed by atoms with van der Waals surface area (Å²) in [5.41, 5.74) is 5.96. The molecular formula is C14H24N2O. The Balaban J connectivity index is 2.17. The molecule has 1 aromatic rings. The lowest BCUT2D eigenvalue weighted by Crippen LogP contribution is -2.49. The van der Waals surface area contributed by atoms with E-state index in [0.29, 0.717) is 18.0 Å². The van der Waals surface area contributed by atoms with Gasteiger partial charge in [0.1, 0.15) is 5.76 Å². The van der Waals surface area contributed by atoms with E-state index in [1.807, 2.05) is 6.07 Å². The Morgan fingerprint density at radius 2 is 2.41 bits per heavy atom. The van der Waals surface area contributed by atoms with Crippen molar-refractivity contribution < 1.29 is 4.42 Å². The lowest BCUT2D eigenvalue weighted by Gasteiger charge is -2.43. The highest BCUT2D eigenvalue weighted by molar-refractivity contribution is 5.06. The third-order valence-corrected chi connectivity index (χ3v) is 4.06. The van der Waals surface area contributed by atoms with Crippen molar-refractivity contribution in [2.24, 2.45) is 11.7 Å². The Morgan fingerprint density at radius 3 is 3.00 bits per heavy atom. The van der Waals surface area contributed by atoms with Crippen LogP contribution in [0.2, 0.25) is 0 Å². The molecule has 0 radical (unpaired) electrons. The summed E-state index contributed by atoms with van der Waals surface area (Å²) in [6, 6.07) is 4.95. The smallest absolute Gasteiger partial charge is 0.120 e. The zero-order chi connectivity index (χ0) is 12.3. The monoisotopic (exact) mass is 236 g/mol. The fraction of sp³-hybridized carbons (Fsp3) is 0.714. The second-order valence-corrected chi connectivity index (χ2v) is 5.10. The van der Waals surface area contributed by atoms with E-state index in [0.717, 1.165) is 25.3 Å². The Hall–Kier alpha value is -0.800. The van der Waals surface area contributed by atoms with Crippen LogP contribution in [0.5, 0.6) is 0 Å². The van der Waals surface area contributed by atoms with Crippen LogP contribution in [-0.2, 0) is 0 Å². The van der Waals surface area contributed by atoms with Gasteiger partial charge >= 0.3 is 0 Å². The summed E-state index contributed by atoms with van der Waals surface area (Å²) < 4.78 is 5.59. The molecule has 0 aliphatic carbocycles. The van der Waals surface area contributed by atoms with Crippen molar-refractivity contribution in [3.63, 3.8) is 0 Å². The van der Waals surface area contributed by atoms with Gasteiger partial charge in [0.2, 0.25) is 0 Å². The van der Waals surface area contributed by atoms with Crippen molar-refractivity contribution in [1.82, 2.24) is 4.90 Å². The molecule has 0 bridgehead atoms. The van der Waals surface area contributed by atoms with E-state index < -0.39 is 0 Å². The molecule has 1 aromatic heterocycles. The van der Waals surface area contributed by atoms with Gasteiger partial charge in [0, 0.05) is 12.6 Å². The zero-order valence-corrected chi connectivity index (χ0v) is 10.9. The van der Waals surface area contributed by atoms with E-state index in [4.69, 9.17) is 10.2 Å². The predicted octanol–water partition coefficient (Wildman–Crippen LogP) is 2.79. The topological polar surface area (TPSA) is 42.4 Å². The van der Waals surface area contributed by atoms with Crippen LogP contribution >= 0.6 is 0 Å². The first-order valence-corrected chi connectivity index (χ1v) is 6.77. The molecular weight excluding hydrogens is 212 g/mol. The van der Waals surface area contributed by atoms with Gasteiger partial charge in [-0.25, -0.2) is 0 Å². The highest BCUT2D eigenvalue weighted by atomic mass is 16.3. The number of likely N-dealkylation sites (tertiary alicyclic amines) is 1. The minimum atomic E-state index is 0.390. The van der Waals surface area contributed by atoms with Crippen molar-refractivity contribution in [3.05, 3.63) is 24.2 Å². The highest BCUT2D eigenvalue weighted by Gasteiger charge is 2.33. The van der Waals surface area contributed by atoms with Gasteiger partial charge in [0.05, 0.1) is 12.3 Å². The molecule has 3 nitrogen and oxygen atoms in total. The van der Waals surface area contributed by atoms with E-state index in [1.165, 1.54) is 12.8 Å². The molecule has 2 rings (SSSR count). The van der Waals surface area contributed by atoms with Gasteiger partial charge in [0.25, 0.3) is 0 Å². The normalized spacial score (nSPS) is 28.2. The summed E-state index contributed by atoms with van der Waals surface area (Å²) in [5, 5.41) is 0. The largest absolute Gasteiger partial charge is 0.468 e. The molecule has 3 atom stereocenters. The molecule has 96 valence electrons. The summed E-state index contributed by atoms with van der Waals surface area (Å²) >= 11 is 0. The van der Waals surface area contributed by atoms with Crippen LogP contribution in [0.15, 0.2) is 22.8 Å². The van der Waals surface area contributed by atoms with E-state index in [2.05, 4.69) is 24.8 Å². The quantitative estimate of drug-likeness (QED) is 0.874. The average molecular weight is 236 g/mol. The minimum Gasteiger partial charge on any atom is -0.468 e. The van der Waals surface area contributed by atoms with Gasteiger partial charge in [-0.15, -0.1) is 0 Å². The Bertz CT molecular complexity index is 323. The molecule has 2 heterocycles. The van der Waals surface area contributed by atoms with Crippen LogP contribution in [0.1, 0.15) is 44.9 Å². The van der Waals surface area contributed by atoms with Crippen LogP contribution < -0.4 is 5.73 Å². The number of hydrogen-bond donors (Lipinski definition) is 1. The second-order valence-electron chi connectivity index (χ2n) is 5.10. The maximum absolute atomic E-state index is 5.96. The summed E-state index contributed by atoms with van der Waals surface area (Å²) in [4.78, 5) is 2.55. The number of piperidine rings is 1. The molecule has 0 aromatic carbocycles. The van der Waals surface area contributed by atoms with Crippen LogP contribution in [0.25, 0.3) is 0 Å². The molecule has 0 amide bonds. The fourth-order valence-corrected chi connectivity index (χ4v) is 3.12. The second kappa shape index (κ2) is 5.69. The van der Waals surface area contributed by atoms with E-state index in [1.54, 1.807) is 6.26 Å². The third kappa shape index (κ3) is 2.55. The number of rotatable bonds is 4. The SMILES string of the molecule is CCC(c1ccco1)N1CCCC(C)C1CN. The van der Waals surface area contributed by atoms with E-state index >= 15 is 0 Å². The Morgan fingerprint density at radius 1 is 1.59 bits per heavy atom. The molecule has 3 heteroatoms. The van der Waals surface area contributed by atoms with Crippen molar-refractivity contribution in [2.45, 2.75) is 45.2 Å². The Kier molecular flexibility index (Phi) is 4.24. The van der Waals surface area contributed by atoms with Crippen molar-refractivity contribution in [3.8, 4) is 0 Å². The van der Waals surface area contributed by atoms with Gasteiger partial charge in [-0.05, 0) is 43.9 Å². The van der Waals surface area contributed by atoms with E-state index in [9.17, 15) is 0 Å². The molecule has 1 fully saturated rings. The predicted molar refractivity (Wildman–Crippen MR) is 69.7 cm³/mol. The fourth-order valence-electron chi connectivity index (χ4n) is 3.12. The molecule has 3 unspecified atom stereocenters. The molecule has 0 saturated carbocycles. The summed E-state index contributed by atoms with van der Waals surface area (Å²) in [6.07, 6.45) is 5.42. The van der Waals surface area contributed by atoms with Crippen LogP contribution in [0.3, 0.4) is 0 Å². The van der Waals surface area contributed by atoms with Crippen LogP contribution in [0, 0.1) is 5.92 Å². The summed E-state index contributed by atoms with van der Waals surface area (Å²) in [5.74, 6) is 1.78. The van der Waals surface area contributed by atoms with Crippen LogP contribution in [0.4, 0.5) is 0 Å². The number of nitrogens with zero attached hydrogens (tertiary/aromatic N) is 1. The highest BCUT2D eigenvalue weighted by Crippen LogP contribution is 2.33. The van der Waals surface area contributed by atoms with Crippen LogP contribution in [-0.4, -0.2) is 24.0 Å². The maximum atomic E-state index is 5.96. The molecule has 1 aliphatic heterocycles. The molecule has 1 aliphatic rings. The molecule has 2 N–H and O–H groups in total. The standard InChI is InChI=1S/C14H24N2O/c1-3-12(14-7-5-9-17-14)16-8-4-6-11(2)13(16)10-15/h5,7,9,11-13H,3-4,6,8,10,15H2,1-2H3. The van der Waals surface area contributed by atoms with Gasteiger partial charge < -0.3 is 10.2 Å². The minimum absolute atomic E-state index is 0.390. The number of nitrogens with two attached hydrogens (primary N) is 1. The first-order valence-electron chi connectivity index (χ1n) is 6.77. The van der Waals surface area contributed by atoms with Crippen molar-refractivity contribution in [2.75, 3.05) is 13.1 Å². The first kappa shape index (κ1) is 12.7. The van der Waals surface area contributed by atoms with Crippen molar-refractivity contribution in [1.29, 1.82) is 0 Å². The molecule has 0 spiro atoms. The van der Waals surface area contributed by atoms with Gasteiger partial charge in [0.15, 0.2) is 0 Å². The maximum Gasteiger partial charge on any atom is 0.120 e. The Labute approximate surface area is 104 Å². The lowest BCUT2D eigenvalue weighted by atomic mass is 9.88. The van der Waals surface area contributed by atoms with E-state index in [-0.39, 0.29) is 0 Å². The van der Waals surface area contributed by atoms with Gasteiger partial charge in [-0.1, -0.05) is 13.8 Å². The number of hydrogen-bond acceptors (Lipinski definition) is 3. The van der Waals surface area contributed by atoms with Crippen molar-refractivity contribution >= 4 is 0 Å². The third-order valence-electron chi connectivity index (χ3n) is 4.06. The molecule has 17 heavy (non-hydrogen) atoms. The zero-order valence-electron chi connectivity index (χ0n) is 10.9. The molecule has 1 saturated heterocycles. The lowest BCUT2D eigenvalue weighted by molar-refractivity contribution is 0.0501. The summed E-state index contributed by atoms with van der Waals surface area (Å²) in [6.45, 7) is 6.43. The van der Waals surface area contributed by atoms with Gasteiger partial charge in [-0.3, -0.25) is 4.90 Å². The number of furan rings is 1.